The molecule has 0 aliphatic carbocycles. The van der Waals surface area contributed by atoms with Gasteiger partial charge in [0.15, 0.2) is 0 Å². The van der Waals surface area contributed by atoms with Crippen LogP contribution in [0.5, 0.6) is 0 Å². The van der Waals surface area contributed by atoms with Crippen LogP contribution in [0, 0.1) is 5.92 Å². The van der Waals surface area contributed by atoms with Gasteiger partial charge in [0.2, 0.25) is 10.0 Å². The van der Waals surface area contributed by atoms with E-state index in [2.05, 4.69) is 0 Å². The molecule has 2 aliphatic heterocycles. The molecule has 0 amide bonds. The molecule has 0 aromatic rings. The number of ether oxygens (including phenoxy) is 2. The van der Waals surface area contributed by atoms with E-state index in [1.54, 1.807) is 0 Å². The second-order valence-corrected chi connectivity index (χ2v) is 7.15. The number of hydrogen-bond donors (Lipinski definition) is 0. The van der Waals surface area contributed by atoms with Crippen LogP contribution in [0.25, 0.3) is 0 Å². The van der Waals surface area contributed by atoms with E-state index in [0.717, 1.165) is 12.8 Å². The van der Waals surface area contributed by atoms with Crippen LogP contribution in [0.15, 0.2) is 0 Å². The Morgan fingerprint density at radius 1 is 1.37 bits per heavy atom. The summed E-state index contributed by atoms with van der Waals surface area (Å²) >= 11 is 0. The molecule has 0 bridgehead atoms. The topological polar surface area (TPSA) is 72.9 Å². The highest BCUT2D eigenvalue weighted by atomic mass is 32.2. The average Bonchev–Trinajstić information content (AvgIpc) is 2.90. The lowest BCUT2D eigenvalue weighted by molar-refractivity contribution is -0.146. The van der Waals surface area contributed by atoms with Gasteiger partial charge in [-0.2, -0.15) is 0 Å². The van der Waals surface area contributed by atoms with Crippen molar-refractivity contribution in [2.75, 3.05) is 32.6 Å². The standard InChI is InChI=1S/C12H21NO5S/c1-17-12(14)10-4-2-6-13(8-10)19(15,16)9-11-5-3-7-18-11/h10-11H,2-9H2,1H3/t10-,11?/m0/s1. The fraction of sp³-hybridized carbons (Fsp3) is 0.917. The van der Waals surface area contributed by atoms with Gasteiger partial charge < -0.3 is 9.47 Å². The first-order chi connectivity index (χ1) is 9.03. The van der Waals surface area contributed by atoms with Gasteiger partial charge in [-0.1, -0.05) is 0 Å². The predicted molar refractivity (Wildman–Crippen MR) is 69.1 cm³/mol. The summed E-state index contributed by atoms with van der Waals surface area (Å²) < 4.78 is 36.1. The molecule has 110 valence electrons. The van der Waals surface area contributed by atoms with Gasteiger partial charge >= 0.3 is 5.97 Å². The summed E-state index contributed by atoms with van der Waals surface area (Å²) in [4.78, 5) is 11.5. The van der Waals surface area contributed by atoms with E-state index < -0.39 is 10.0 Å². The highest BCUT2D eigenvalue weighted by Gasteiger charge is 2.34. The number of carbonyl (C=O) groups excluding carboxylic acids is 1. The van der Waals surface area contributed by atoms with Gasteiger partial charge in [-0.15, -0.1) is 0 Å². The molecule has 2 heterocycles. The summed E-state index contributed by atoms with van der Waals surface area (Å²) in [7, 11) is -2.01. The first-order valence-corrected chi connectivity index (χ1v) is 8.31. The van der Waals surface area contributed by atoms with Crippen LogP contribution in [0.3, 0.4) is 0 Å². The third kappa shape index (κ3) is 3.67. The van der Waals surface area contributed by atoms with Gasteiger partial charge in [0.25, 0.3) is 0 Å². The number of sulfonamides is 1. The summed E-state index contributed by atoms with van der Waals surface area (Å²) in [6.07, 6.45) is 2.92. The zero-order valence-corrected chi connectivity index (χ0v) is 12.0. The van der Waals surface area contributed by atoms with Crippen LogP contribution < -0.4 is 0 Å². The summed E-state index contributed by atoms with van der Waals surface area (Å²) in [5.74, 6) is -0.629. The lowest BCUT2D eigenvalue weighted by Gasteiger charge is -2.31. The van der Waals surface area contributed by atoms with Crippen molar-refractivity contribution in [2.24, 2.45) is 5.92 Å². The minimum absolute atomic E-state index is 0.0287. The first-order valence-electron chi connectivity index (χ1n) is 6.70. The van der Waals surface area contributed by atoms with E-state index in [1.165, 1.54) is 11.4 Å². The van der Waals surface area contributed by atoms with Gasteiger partial charge in [-0.3, -0.25) is 4.79 Å². The second kappa shape index (κ2) is 6.19. The molecule has 0 aromatic heterocycles. The SMILES string of the molecule is COC(=O)[C@H]1CCCN(S(=O)(=O)CC2CCCO2)C1. The molecule has 2 atom stereocenters. The Morgan fingerprint density at radius 3 is 2.79 bits per heavy atom. The van der Waals surface area contributed by atoms with E-state index in [1.807, 2.05) is 0 Å². The van der Waals surface area contributed by atoms with E-state index in [9.17, 15) is 13.2 Å². The van der Waals surface area contributed by atoms with Gasteiger partial charge in [0.1, 0.15) is 0 Å². The molecule has 0 spiro atoms. The molecule has 0 radical (unpaired) electrons. The summed E-state index contributed by atoms with van der Waals surface area (Å²) in [5.41, 5.74) is 0. The van der Waals surface area contributed by atoms with Crippen LogP contribution in [-0.2, 0) is 24.3 Å². The molecule has 6 nitrogen and oxygen atoms in total. The molecule has 0 N–H and O–H groups in total. The van der Waals surface area contributed by atoms with Crippen molar-refractivity contribution < 1.29 is 22.7 Å². The number of esters is 1. The Hall–Kier alpha value is -0.660. The number of rotatable bonds is 4. The van der Waals surface area contributed by atoms with E-state index >= 15 is 0 Å². The van der Waals surface area contributed by atoms with Crippen molar-refractivity contribution in [2.45, 2.75) is 31.8 Å². The molecule has 1 unspecified atom stereocenters. The summed E-state index contributed by atoms with van der Waals surface area (Å²) in [6, 6.07) is 0. The van der Waals surface area contributed by atoms with Crippen molar-refractivity contribution in [1.82, 2.24) is 4.31 Å². The molecule has 2 rings (SSSR count). The van der Waals surface area contributed by atoms with Crippen LogP contribution >= 0.6 is 0 Å². The fourth-order valence-electron chi connectivity index (χ4n) is 2.67. The maximum absolute atomic E-state index is 12.3. The minimum Gasteiger partial charge on any atom is -0.469 e. The minimum atomic E-state index is -3.34. The Kier molecular flexibility index (Phi) is 4.81. The van der Waals surface area contributed by atoms with Crippen molar-refractivity contribution >= 4 is 16.0 Å². The number of methoxy groups -OCH3 is 1. The van der Waals surface area contributed by atoms with E-state index in [0.29, 0.717) is 26.0 Å². The molecule has 0 saturated carbocycles. The van der Waals surface area contributed by atoms with Crippen LogP contribution in [0.4, 0.5) is 0 Å². The zero-order valence-electron chi connectivity index (χ0n) is 11.2. The maximum atomic E-state index is 12.3. The number of hydrogen-bond acceptors (Lipinski definition) is 5. The third-order valence-corrected chi connectivity index (χ3v) is 5.64. The lowest BCUT2D eigenvalue weighted by atomic mass is 10.0. The van der Waals surface area contributed by atoms with Crippen molar-refractivity contribution in [1.29, 1.82) is 0 Å². The van der Waals surface area contributed by atoms with Crippen LogP contribution in [0.1, 0.15) is 25.7 Å². The zero-order chi connectivity index (χ0) is 13.9. The first kappa shape index (κ1) is 14.7. The van der Waals surface area contributed by atoms with Gasteiger partial charge in [-0.05, 0) is 25.7 Å². The largest absolute Gasteiger partial charge is 0.469 e. The quantitative estimate of drug-likeness (QED) is 0.700. The van der Waals surface area contributed by atoms with Crippen molar-refractivity contribution in [3.05, 3.63) is 0 Å². The summed E-state index contributed by atoms with van der Waals surface area (Å²) in [6.45, 7) is 1.37. The lowest BCUT2D eigenvalue weighted by Crippen LogP contribution is -2.45. The molecule has 19 heavy (non-hydrogen) atoms. The fourth-order valence-corrected chi connectivity index (χ4v) is 4.43. The molecular formula is C12H21NO5S. The summed E-state index contributed by atoms with van der Waals surface area (Å²) in [5, 5.41) is 0. The molecule has 0 aromatic carbocycles. The Morgan fingerprint density at radius 2 is 2.16 bits per heavy atom. The van der Waals surface area contributed by atoms with E-state index in [4.69, 9.17) is 9.47 Å². The monoisotopic (exact) mass is 291 g/mol. The third-order valence-electron chi connectivity index (χ3n) is 3.73. The van der Waals surface area contributed by atoms with Crippen molar-refractivity contribution in [3.8, 4) is 0 Å². The smallest absolute Gasteiger partial charge is 0.309 e. The Labute approximate surface area is 114 Å². The highest BCUT2D eigenvalue weighted by Crippen LogP contribution is 2.22. The number of carbonyl (C=O) groups is 1. The van der Waals surface area contributed by atoms with Crippen LogP contribution in [-0.4, -0.2) is 57.4 Å². The maximum Gasteiger partial charge on any atom is 0.309 e. The molecular weight excluding hydrogens is 270 g/mol. The van der Waals surface area contributed by atoms with Crippen LogP contribution in [0.2, 0.25) is 0 Å². The predicted octanol–water partition coefficient (Wildman–Crippen LogP) is 0.380. The number of piperidine rings is 1. The highest BCUT2D eigenvalue weighted by molar-refractivity contribution is 7.89. The average molecular weight is 291 g/mol. The second-order valence-electron chi connectivity index (χ2n) is 5.13. The molecule has 7 heteroatoms. The molecule has 2 saturated heterocycles. The van der Waals surface area contributed by atoms with Gasteiger partial charge in [0, 0.05) is 19.7 Å². The van der Waals surface area contributed by atoms with Crippen molar-refractivity contribution in [3.63, 3.8) is 0 Å². The normalized spacial score (nSPS) is 29.3. The van der Waals surface area contributed by atoms with Gasteiger partial charge in [0.05, 0.1) is 24.9 Å². The number of nitrogens with zero attached hydrogens (tertiary/aromatic N) is 1. The molecule has 2 fully saturated rings. The Balaban J connectivity index is 1.97. The van der Waals surface area contributed by atoms with Gasteiger partial charge in [-0.25, -0.2) is 12.7 Å². The van der Waals surface area contributed by atoms with E-state index in [-0.39, 0.29) is 30.3 Å². The Bertz CT molecular complexity index is 416. The molecule has 2 aliphatic rings.